The second-order valence-corrected chi connectivity index (χ2v) is 8.80. The van der Waals surface area contributed by atoms with Crippen LogP contribution >= 0.6 is 0 Å². The maximum Gasteiger partial charge on any atom is 0.408 e. The number of carbonyl (C=O) groups is 3. The van der Waals surface area contributed by atoms with E-state index in [9.17, 15) is 19.5 Å². The number of alkyl carbamates (subject to hydrolysis) is 1. The van der Waals surface area contributed by atoms with E-state index in [2.05, 4.69) is 17.2 Å². The molecule has 3 N–H and O–H groups in total. The third-order valence-electron chi connectivity index (χ3n) is 4.66. The number of amides is 3. The van der Waals surface area contributed by atoms with Gasteiger partial charge in [0.05, 0.1) is 0 Å². The van der Waals surface area contributed by atoms with Gasteiger partial charge in [-0.1, -0.05) is 37.6 Å². The Morgan fingerprint density at radius 3 is 2.50 bits per heavy atom. The lowest BCUT2D eigenvalue weighted by molar-refractivity contribution is -0.140. The molecule has 2 atom stereocenters. The molecule has 8 nitrogen and oxygen atoms in total. The first-order chi connectivity index (χ1) is 14.9. The van der Waals surface area contributed by atoms with Gasteiger partial charge in [-0.25, -0.2) is 4.79 Å². The highest BCUT2D eigenvalue weighted by Gasteiger charge is 2.33. The Kier molecular flexibility index (Phi) is 10.2. The van der Waals surface area contributed by atoms with Crippen molar-refractivity contribution >= 4 is 17.9 Å². The molecule has 0 spiro atoms. The molecule has 0 fully saturated rings. The lowest BCUT2D eigenvalue weighted by atomic mass is 9.99. The lowest BCUT2D eigenvalue weighted by Gasteiger charge is -2.32. The minimum atomic E-state index is -1.10. The van der Waals surface area contributed by atoms with Crippen molar-refractivity contribution in [3.05, 3.63) is 42.0 Å². The first kappa shape index (κ1) is 27.0. The maximum absolute atomic E-state index is 13.3. The van der Waals surface area contributed by atoms with Crippen LogP contribution in [-0.2, 0) is 14.3 Å². The molecule has 0 aliphatic heterocycles. The van der Waals surface area contributed by atoms with Gasteiger partial charge in [-0.15, -0.1) is 6.58 Å². The van der Waals surface area contributed by atoms with Gasteiger partial charge < -0.3 is 25.4 Å². The van der Waals surface area contributed by atoms with E-state index in [1.54, 1.807) is 45.9 Å². The molecule has 0 saturated carbocycles. The summed E-state index contributed by atoms with van der Waals surface area (Å²) >= 11 is 0. The predicted octanol–water partition coefficient (Wildman–Crippen LogP) is 3.59. The van der Waals surface area contributed by atoms with Crippen molar-refractivity contribution in [1.82, 2.24) is 15.5 Å². The summed E-state index contributed by atoms with van der Waals surface area (Å²) in [7, 11) is 0. The molecule has 0 heterocycles. The maximum atomic E-state index is 13.3. The molecule has 0 saturated heterocycles. The van der Waals surface area contributed by atoms with Crippen LogP contribution in [0.2, 0.25) is 0 Å². The summed E-state index contributed by atoms with van der Waals surface area (Å²) < 4.78 is 5.17. The number of carbonyl (C=O) groups excluding carboxylic acids is 3. The zero-order valence-corrected chi connectivity index (χ0v) is 20.0. The summed E-state index contributed by atoms with van der Waals surface area (Å²) in [6.45, 7) is 14.1. The van der Waals surface area contributed by atoms with E-state index in [0.717, 1.165) is 12.8 Å². The van der Waals surface area contributed by atoms with Gasteiger partial charge in [0.1, 0.15) is 23.9 Å². The normalized spacial score (nSPS) is 12.9. The molecule has 0 radical (unpaired) electrons. The van der Waals surface area contributed by atoms with E-state index in [4.69, 9.17) is 4.74 Å². The first-order valence-corrected chi connectivity index (χ1v) is 10.9. The summed E-state index contributed by atoms with van der Waals surface area (Å²) in [5.74, 6) is -0.989. The smallest absolute Gasteiger partial charge is 0.408 e. The highest BCUT2D eigenvalue weighted by Crippen LogP contribution is 2.32. The van der Waals surface area contributed by atoms with E-state index in [0.29, 0.717) is 11.1 Å². The molecular formula is C24H37N3O5. The molecule has 0 aliphatic rings. The second kappa shape index (κ2) is 12.1. The van der Waals surface area contributed by atoms with Crippen molar-refractivity contribution in [1.29, 1.82) is 0 Å². The second-order valence-electron chi connectivity index (χ2n) is 8.80. The van der Waals surface area contributed by atoms with Crippen molar-refractivity contribution in [2.24, 2.45) is 0 Å². The fourth-order valence-electron chi connectivity index (χ4n) is 3.23. The largest absolute Gasteiger partial charge is 0.507 e. The minimum Gasteiger partial charge on any atom is -0.507 e. The van der Waals surface area contributed by atoms with Crippen LogP contribution < -0.4 is 10.6 Å². The van der Waals surface area contributed by atoms with E-state index >= 15 is 0 Å². The van der Waals surface area contributed by atoms with Gasteiger partial charge in [0.2, 0.25) is 11.8 Å². The van der Waals surface area contributed by atoms with Gasteiger partial charge >= 0.3 is 6.09 Å². The Hall–Kier alpha value is -3.03. The first-order valence-electron chi connectivity index (χ1n) is 10.9. The Bertz CT molecular complexity index is 816. The van der Waals surface area contributed by atoms with E-state index in [-0.39, 0.29) is 24.9 Å². The van der Waals surface area contributed by atoms with Crippen molar-refractivity contribution in [3.8, 4) is 5.75 Å². The van der Waals surface area contributed by atoms with Gasteiger partial charge in [-0.3, -0.25) is 9.59 Å². The van der Waals surface area contributed by atoms with Gasteiger partial charge in [0.25, 0.3) is 0 Å². The molecule has 178 valence electrons. The third-order valence-corrected chi connectivity index (χ3v) is 4.66. The fourth-order valence-corrected chi connectivity index (χ4v) is 3.23. The minimum absolute atomic E-state index is 0.0441. The molecular weight excluding hydrogens is 410 g/mol. The number of rotatable bonds is 10. The predicted molar refractivity (Wildman–Crippen MR) is 124 cm³/mol. The molecule has 1 aromatic rings. The van der Waals surface area contributed by atoms with Gasteiger partial charge in [0.15, 0.2) is 0 Å². The number of benzene rings is 1. The molecule has 2 unspecified atom stereocenters. The fraction of sp³-hybridized carbons (Fsp3) is 0.542. The average Bonchev–Trinajstić information content (AvgIpc) is 2.67. The molecule has 8 heteroatoms. The molecule has 0 aromatic heterocycles. The number of nitrogens with one attached hydrogen (secondary N) is 2. The zero-order valence-electron chi connectivity index (χ0n) is 20.0. The summed E-state index contributed by atoms with van der Waals surface area (Å²) in [4.78, 5) is 39.6. The van der Waals surface area contributed by atoms with Crippen molar-refractivity contribution in [2.45, 2.75) is 72.1 Å². The number of hydrogen-bond acceptors (Lipinski definition) is 5. The molecule has 0 aliphatic carbocycles. The van der Waals surface area contributed by atoms with Gasteiger partial charge in [0, 0.05) is 18.2 Å². The van der Waals surface area contributed by atoms with Crippen LogP contribution in [-0.4, -0.2) is 52.6 Å². The number of para-hydroxylation sites is 1. The molecule has 1 rings (SSSR count). The van der Waals surface area contributed by atoms with E-state index in [1.807, 2.05) is 13.8 Å². The standard InChI is InChI=1S/C24H37N3O5/c1-8-11-17(4)26-22(30)20(18-13-10-12-16(3)21(18)29)27(14-9-2)19(28)15-25-23(31)32-24(5,6)7/h9-10,12-13,17,20,29H,2,8,11,14-15H2,1,3-7H3,(H,25,31)(H,26,30). The zero-order chi connectivity index (χ0) is 24.5. The van der Waals surface area contributed by atoms with Crippen LogP contribution in [0.1, 0.15) is 64.6 Å². The Labute approximate surface area is 191 Å². The SMILES string of the molecule is C=CCN(C(=O)CNC(=O)OC(C)(C)C)C(C(=O)NC(C)CCC)c1cccc(C)c1O. The van der Waals surface area contributed by atoms with Gasteiger partial charge in [-0.05, 0) is 46.6 Å². The van der Waals surface area contributed by atoms with Gasteiger partial charge in [-0.2, -0.15) is 0 Å². The quantitative estimate of drug-likeness (QED) is 0.475. The summed E-state index contributed by atoms with van der Waals surface area (Å²) in [5, 5.41) is 16.0. The van der Waals surface area contributed by atoms with Crippen LogP contribution in [0.3, 0.4) is 0 Å². The summed E-state index contributed by atoms with van der Waals surface area (Å²) in [5.41, 5.74) is 0.178. The van der Waals surface area contributed by atoms with E-state index in [1.165, 1.54) is 11.0 Å². The monoisotopic (exact) mass is 447 g/mol. The topological polar surface area (TPSA) is 108 Å². The molecule has 1 aromatic carbocycles. The average molecular weight is 448 g/mol. The number of nitrogens with zero attached hydrogens (tertiary/aromatic N) is 1. The molecule has 32 heavy (non-hydrogen) atoms. The third kappa shape index (κ3) is 8.24. The van der Waals surface area contributed by atoms with E-state index < -0.39 is 29.6 Å². The van der Waals surface area contributed by atoms with Crippen molar-refractivity contribution < 1.29 is 24.2 Å². The Morgan fingerprint density at radius 2 is 1.94 bits per heavy atom. The van der Waals surface area contributed by atoms with Crippen LogP contribution in [0.15, 0.2) is 30.9 Å². The van der Waals surface area contributed by atoms with Crippen LogP contribution in [0.5, 0.6) is 5.75 Å². The Balaban J connectivity index is 3.24. The number of hydrogen-bond donors (Lipinski definition) is 3. The summed E-state index contributed by atoms with van der Waals surface area (Å²) in [6.07, 6.45) is 2.42. The van der Waals surface area contributed by atoms with Crippen LogP contribution in [0.4, 0.5) is 4.79 Å². The molecule has 0 bridgehead atoms. The number of aryl methyl sites for hydroxylation is 1. The molecule has 3 amide bonds. The highest BCUT2D eigenvalue weighted by molar-refractivity contribution is 5.91. The number of phenolic OH excluding ortho intramolecular Hbond substituents is 1. The number of aromatic hydroxyl groups is 1. The van der Waals surface area contributed by atoms with Crippen LogP contribution in [0.25, 0.3) is 0 Å². The van der Waals surface area contributed by atoms with Crippen molar-refractivity contribution in [3.63, 3.8) is 0 Å². The number of phenols is 1. The highest BCUT2D eigenvalue weighted by atomic mass is 16.6. The van der Waals surface area contributed by atoms with Crippen LogP contribution in [0, 0.1) is 6.92 Å². The summed E-state index contributed by atoms with van der Waals surface area (Å²) in [6, 6.07) is 3.84. The lowest BCUT2D eigenvalue weighted by Crippen LogP contribution is -2.49. The number of ether oxygens (including phenoxy) is 1. The van der Waals surface area contributed by atoms with Crippen molar-refractivity contribution in [2.75, 3.05) is 13.1 Å². The Morgan fingerprint density at radius 1 is 1.28 bits per heavy atom.